The van der Waals surface area contributed by atoms with Crippen LogP contribution in [0.1, 0.15) is 364 Å². The standard InChI is InChI=1S/C73H142O17P2/c1-63(2)49-41-33-25-19-13-10-9-11-15-23-29-39-47-55-72(77)90-69(60-84-71(76)54-46-38-32-31-36-44-52-66(7)8)62-88-92(81,82)86-58-67(74)57-85-91(79,80)87-61-68(59-83-70(75)53-45-37-28-22-18-17-21-27-35-43-51-65(5)6)89-73(78)56-48-40-30-24-16-12-14-20-26-34-42-50-64(3)4/h63-69,74H,9-62H2,1-8H3,(H,79,80)(H,81,82)/t67-,68-,69-/m1/s1. The average molecular weight is 1350 g/mol. The lowest BCUT2D eigenvalue weighted by Crippen LogP contribution is -2.30. The topological polar surface area (TPSA) is 237 Å². The molecule has 0 rings (SSSR count). The fourth-order valence-corrected chi connectivity index (χ4v) is 12.6. The molecule has 3 N–H and O–H groups in total. The number of aliphatic hydroxyl groups is 1. The first kappa shape index (κ1) is 90.1. The van der Waals surface area contributed by atoms with Gasteiger partial charge in [0.15, 0.2) is 12.2 Å². The van der Waals surface area contributed by atoms with E-state index < -0.39 is 97.5 Å². The number of phosphoric acid groups is 2. The van der Waals surface area contributed by atoms with Gasteiger partial charge in [0.25, 0.3) is 0 Å². The van der Waals surface area contributed by atoms with Gasteiger partial charge < -0.3 is 33.8 Å². The number of unbranched alkanes of at least 4 members (excludes halogenated alkanes) is 36. The Balaban J connectivity index is 5.24. The van der Waals surface area contributed by atoms with Crippen molar-refractivity contribution >= 4 is 39.5 Å². The molecule has 546 valence electrons. The number of hydrogen-bond acceptors (Lipinski definition) is 15. The first-order valence-corrected chi connectivity index (χ1v) is 40.7. The molecule has 0 aliphatic carbocycles. The first-order valence-electron chi connectivity index (χ1n) is 37.7. The van der Waals surface area contributed by atoms with Crippen LogP contribution in [-0.2, 0) is 65.4 Å². The van der Waals surface area contributed by atoms with Crippen molar-refractivity contribution in [2.75, 3.05) is 39.6 Å². The molecule has 17 nitrogen and oxygen atoms in total. The number of phosphoric ester groups is 2. The van der Waals surface area contributed by atoms with Crippen LogP contribution in [0, 0.1) is 23.7 Å². The minimum absolute atomic E-state index is 0.106. The highest BCUT2D eigenvalue weighted by atomic mass is 31.2. The van der Waals surface area contributed by atoms with Gasteiger partial charge >= 0.3 is 39.5 Å². The second-order valence-corrected chi connectivity index (χ2v) is 31.1. The molecule has 0 aliphatic rings. The van der Waals surface area contributed by atoms with E-state index in [9.17, 15) is 43.2 Å². The summed E-state index contributed by atoms with van der Waals surface area (Å²) in [6.07, 6.45) is 45.9. The summed E-state index contributed by atoms with van der Waals surface area (Å²) in [5.41, 5.74) is 0. The summed E-state index contributed by atoms with van der Waals surface area (Å²) < 4.78 is 68.4. The van der Waals surface area contributed by atoms with Gasteiger partial charge in [0.2, 0.25) is 0 Å². The van der Waals surface area contributed by atoms with Crippen LogP contribution in [0.2, 0.25) is 0 Å². The zero-order chi connectivity index (χ0) is 68.2. The maximum atomic E-state index is 13.0. The molecule has 0 aromatic rings. The molecule has 92 heavy (non-hydrogen) atoms. The van der Waals surface area contributed by atoms with Crippen LogP contribution in [0.25, 0.3) is 0 Å². The highest BCUT2D eigenvalue weighted by Crippen LogP contribution is 2.45. The maximum absolute atomic E-state index is 13.0. The number of esters is 4. The van der Waals surface area contributed by atoms with E-state index in [1.807, 2.05) is 0 Å². The van der Waals surface area contributed by atoms with Crippen molar-refractivity contribution in [1.29, 1.82) is 0 Å². The number of ether oxygens (including phenoxy) is 4. The number of carbonyl (C=O) groups is 4. The highest BCUT2D eigenvalue weighted by molar-refractivity contribution is 7.47. The molecule has 19 heteroatoms. The zero-order valence-electron chi connectivity index (χ0n) is 60.2. The normalized spacial score (nSPS) is 14.2. The Hall–Kier alpha value is -1.94. The first-order chi connectivity index (χ1) is 44.1. The van der Waals surface area contributed by atoms with E-state index in [2.05, 4.69) is 55.4 Å². The fraction of sp³-hybridized carbons (Fsp3) is 0.945. The molecule has 0 spiro atoms. The fourth-order valence-electron chi connectivity index (χ4n) is 11.0. The van der Waals surface area contributed by atoms with E-state index in [1.54, 1.807) is 0 Å². The van der Waals surface area contributed by atoms with Gasteiger partial charge in [0.1, 0.15) is 19.3 Å². The number of aliphatic hydroxyl groups excluding tert-OH is 1. The Labute approximate surface area is 562 Å². The molecule has 5 atom stereocenters. The van der Waals surface area contributed by atoms with Gasteiger partial charge in [-0.3, -0.25) is 37.3 Å². The van der Waals surface area contributed by atoms with E-state index in [-0.39, 0.29) is 25.7 Å². The number of rotatable bonds is 70. The Morgan fingerprint density at radius 2 is 0.457 bits per heavy atom. The van der Waals surface area contributed by atoms with Crippen molar-refractivity contribution < 1.29 is 80.2 Å². The molecule has 0 saturated carbocycles. The van der Waals surface area contributed by atoms with Crippen LogP contribution in [-0.4, -0.2) is 96.7 Å². The third kappa shape index (κ3) is 66.7. The lowest BCUT2D eigenvalue weighted by molar-refractivity contribution is -0.161. The summed E-state index contributed by atoms with van der Waals surface area (Å²) in [4.78, 5) is 72.7. The lowest BCUT2D eigenvalue weighted by Gasteiger charge is -2.21. The largest absolute Gasteiger partial charge is 0.472 e. The Bertz CT molecular complexity index is 1820. The van der Waals surface area contributed by atoms with Crippen molar-refractivity contribution in [3.05, 3.63) is 0 Å². The number of carbonyl (C=O) groups excluding carboxylic acids is 4. The van der Waals surface area contributed by atoms with Crippen molar-refractivity contribution in [2.45, 2.75) is 382 Å². The Morgan fingerprint density at radius 3 is 0.674 bits per heavy atom. The molecule has 0 aliphatic heterocycles. The van der Waals surface area contributed by atoms with Gasteiger partial charge in [-0.25, -0.2) is 9.13 Å². The second kappa shape index (κ2) is 62.6. The monoisotopic (exact) mass is 1350 g/mol. The summed E-state index contributed by atoms with van der Waals surface area (Å²) in [6.45, 7) is 14.1. The molecule has 0 bridgehead atoms. The molecule has 0 amide bonds. The Kier molecular flexibility index (Phi) is 61.3. The van der Waals surface area contributed by atoms with Crippen LogP contribution < -0.4 is 0 Å². The van der Waals surface area contributed by atoms with Crippen LogP contribution in [0.5, 0.6) is 0 Å². The zero-order valence-corrected chi connectivity index (χ0v) is 62.0. The molecule has 2 unspecified atom stereocenters. The average Bonchev–Trinajstić information content (AvgIpc) is 2.69. The van der Waals surface area contributed by atoms with E-state index >= 15 is 0 Å². The molecular formula is C73H142O17P2. The van der Waals surface area contributed by atoms with Crippen molar-refractivity contribution in [3.63, 3.8) is 0 Å². The third-order valence-electron chi connectivity index (χ3n) is 16.8. The van der Waals surface area contributed by atoms with E-state index in [1.165, 1.54) is 161 Å². The summed E-state index contributed by atoms with van der Waals surface area (Å²) in [5.74, 6) is 0.864. The van der Waals surface area contributed by atoms with Gasteiger partial charge in [-0.15, -0.1) is 0 Å². The van der Waals surface area contributed by atoms with E-state index in [0.717, 1.165) is 114 Å². The summed E-state index contributed by atoms with van der Waals surface area (Å²) in [6, 6.07) is 0. The maximum Gasteiger partial charge on any atom is 0.472 e. The van der Waals surface area contributed by atoms with E-state index in [4.69, 9.17) is 37.0 Å². The minimum Gasteiger partial charge on any atom is -0.462 e. The van der Waals surface area contributed by atoms with Crippen molar-refractivity contribution in [1.82, 2.24) is 0 Å². The van der Waals surface area contributed by atoms with Gasteiger partial charge in [-0.1, -0.05) is 312 Å². The van der Waals surface area contributed by atoms with Crippen molar-refractivity contribution in [3.8, 4) is 0 Å². The van der Waals surface area contributed by atoms with Crippen LogP contribution in [0.3, 0.4) is 0 Å². The predicted molar refractivity (Wildman–Crippen MR) is 372 cm³/mol. The third-order valence-corrected chi connectivity index (χ3v) is 18.7. The van der Waals surface area contributed by atoms with Gasteiger partial charge in [-0.05, 0) is 49.4 Å². The molecule has 0 aromatic heterocycles. The van der Waals surface area contributed by atoms with Crippen LogP contribution in [0.15, 0.2) is 0 Å². The Morgan fingerprint density at radius 1 is 0.272 bits per heavy atom. The van der Waals surface area contributed by atoms with Gasteiger partial charge in [0.05, 0.1) is 26.4 Å². The SMILES string of the molecule is CC(C)CCCCCCCCCCCCCCCC(=O)O[C@H](COC(=O)CCCCCCCCC(C)C)COP(=O)(O)OC[C@H](O)COP(=O)(O)OC[C@@H](COC(=O)CCCCCCCCCCCCC(C)C)OC(=O)CCCCCCCCCCCCCC(C)C. The smallest absolute Gasteiger partial charge is 0.462 e. The molecule has 0 saturated heterocycles. The molecule has 0 radical (unpaired) electrons. The highest BCUT2D eigenvalue weighted by Gasteiger charge is 2.30. The van der Waals surface area contributed by atoms with Gasteiger partial charge in [0, 0.05) is 25.7 Å². The van der Waals surface area contributed by atoms with E-state index in [0.29, 0.717) is 31.6 Å². The van der Waals surface area contributed by atoms with Crippen LogP contribution in [0.4, 0.5) is 0 Å². The summed E-state index contributed by atoms with van der Waals surface area (Å²) >= 11 is 0. The summed E-state index contributed by atoms with van der Waals surface area (Å²) in [7, 11) is -9.91. The molecular weight excluding hydrogens is 1210 g/mol. The summed E-state index contributed by atoms with van der Waals surface area (Å²) in [5, 5.41) is 10.6. The lowest BCUT2D eigenvalue weighted by atomic mass is 10.0. The molecule has 0 aromatic carbocycles. The number of hydrogen-bond donors (Lipinski definition) is 3. The van der Waals surface area contributed by atoms with Gasteiger partial charge in [-0.2, -0.15) is 0 Å². The predicted octanol–water partition coefficient (Wildman–Crippen LogP) is 20.9. The molecule has 0 fully saturated rings. The van der Waals surface area contributed by atoms with Crippen molar-refractivity contribution in [2.24, 2.45) is 23.7 Å². The van der Waals surface area contributed by atoms with Crippen LogP contribution >= 0.6 is 15.6 Å². The minimum atomic E-state index is -4.95. The second-order valence-electron chi connectivity index (χ2n) is 28.2. The quantitative estimate of drug-likeness (QED) is 0.0222. The molecule has 0 heterocycles.